The normalized spacial score (nSPS) is 10.6. The average molecular weight is 219 g/mol. The van der Waals surface area contributed by atoms with Crippen molar-refractivity contribution in [1.29, 1.82) is 0 Å². The molecule has 0 bridgehead atoms. The highest BCUT2D eigenvalue weighted by Gasteiger charge is 2.01. The summed E-state index contributed by atoms with van der Waals surface area (Å²) in [6.45, 7) is 4.68. The Balaban J connectivity index is 2.69. The molecule has 0 radical (unpaired) electrons. The third-order valence-corrected chi connectivity index (χ3v) is 2.40. The summed E-state index contributed by atoms with van der Waals surface area (Å²) in [5.74, 6) is -0.915. The molecule has 3 nitrogen and oxygen atoms in total. The van der Waals surface area contributed by atoms with Gasteiger partial charge in [-0.15, -0.1) is 0 Å². The summed E-state index contributed by atoms with van der Waals surface area (Å²) in [6, 6.07) is 6.16. The van der Waals surface area contributed by atoms with Gasteiger partial charge in [0.1, 0.15) is 0 Å². The topological polar surface area (TPSA) is 49.3 Å². The molecule has 0 atom stereocenters. The second-order valence-corrected chi connectivity index (χ2v) is 3.58. The van der Waals surface area contributed by atoms with Crippen molar-refractivity contribution >= 4 is 11.7 Å². The summed E-state index contributed by atoms with van der Waals surface area (Å²) in [4.78, 5) is 10.3. The van der Waals surface area contributed by atoms with Crippen molar-refractivity contribution < 1.29 is 9.90 Å². The first-order chi connectivity index (χ1) is 7.65. The van der Waals surface area contributed by atoms with Crippen LogP contribution in [0.15, 0.2) is 30.4 Å². The molecule has 1 aromatic carbocycles. The van der Waals surface area contributed by atoms with Gasteiger partial charge < -0.3 is 10.4 Å². The van der Waals surface area contributed by atoms with Gasteiger partial charge in [-0.25, -0.2) is 4.79 Å². The van der Waals surface area contributed by atoms with Gasteiger partial charge in [0.2, 0.25) is 0 Å². The molecular formula is C13H17NO2. The number of nitrogens with one attached hydrogen (secondary N) is 1. The molecular weight excluding hydrogens is 202 g/mol. The predicted molar refractivity (Wildman–Crippen MR) is 65.8 cm³/mol. The lowest BCUT2D eigenvalue weighted by molar-refractivity contribution is -0.131. The monoisotopic (exact) mass is 219 g/mol. The number of anilines is 1. The zero-order valence-electron chi connectivity index (χ0n) is 9.66. The number of carbonyl (C=O) groups is 1. The Morgan fingerprint density at radius 2 is 2.25 bits per heavy atom. The minimum atomic E-state index is -0.915. The molecule has 0 aliphatic carbocycles. The first-order valence-electron chi connectivity index (χ1n) is 5.37. The maximum absolute atomic E-state index is 10.3. The molecule has 0 aliphatic heterocycles. The van der Waals surface area contributed by atoms with Crippen molar-refractivity contribution in [2.45, 2.75) is 20.3 Å². The smallest absolute Gasteiger partial charge is 0.328 e. The van der Waals surface area contributed by atoms with E-state index >= 15 is 0 Å². The molecule has 0 amide bonds. The number of hydrogen-bond acceptors (Lipinski definition) is 2. The Kier molecular flexibility index (Phi) is 4.58. The van der Waals surface area contributed by atoms with E-state index in [2.05, 4.69) is 18.3 Å². The zero-order chi connectivity index (χ0) is 12.0. The van der Waals surface area contributed by atoms with E-state index < -0.39 is 5.97 Å². The van der Waals surface area contributed by atoms with Crippen molar-refractivity contribution in [3.8, 4) is 0 Å². The molecule has 0 aliphatic rings. The lowest BCUT2D eigenvalue weighted by Gasteiger charge is -2.12. The first kappa shape index (κ1) is 12.3. The van der Waals surface area contributed by atoms with Gasteiger partial charge in [0.05, 0.1) is 0 Å². The van der Waals surface area contributed by atoms with Crippen LogP contribution in [-0.2, 0) is 11.2 Å². The van der Waals surface area contributed by atoms with E-state index in [0.717, 1.165) is 18.2 Å². The minimum absolute atomic E-state index is 0.532. The van der Waals surface area contributed by atoms with Crippen LogP contribution < -0.4 is 5.32 Å². The highest BCUT2D eigenvalue weighted by molar-refractivity contribution is 5.79. The zero-order valence-corrected chi connectivity index (χ0v) is 9.66. The Morgan fingerprint density at radius 1 is 1.50 bits per heavy atom. The van der Waals surface area contributed by atoms with E-state index in [1.165, 1.54) is 11.1 Å². The highest BCUT2D eigenvalue weighted by atomic mass is 16.4. The molecule has 0 aromatic heterocycles. The van der Waals surface area contributed by atoms with E-state index in [1.54, 1.807) is 6.08 Å². The molecule has 0 spiro atoms. The quantitative estimate of drug-likeness (QED) is 0.748. The molecule has 1 aromatic rings. The number of para-hydroxylation sites is 1. The van der Waals surface area contributed by atoms with E-state index in [0.29, 0.717) is 6.54 Å². The van der Waals surface area contributed by atoms with Crippen LogP contribution in [-0.4, -0.2) is 17.6 Å². The molecule has 0 unspecified atom stereocenters. The molecule has 0 fully saturated rings. The van der Waals surface area contributed by atoms with E-state index in [4.69, 9.17) is 5.11 Å². The summed E-state index contributed by atoms with van der Waals surface area (Å²) in [5.41, 5.74) is 3.55. The fourth-order valence-corrected chi connectivity index (χ4v) is 1.60. The third-order valence-electron chi connectivity index (χ3n) is 2.40. The molecule has 86 valence electrons. The van der Waals surface area contributed by atoms with Gasteiger partial charge >= 0.3 is 5.97 Å². The van der Waals surface area contributed by atoms with Crippen LogP contribution in [0.4, 0.5) is 5.69 Å². The Bertz CT molecular complexity index is 397. The summed E-state index contributed by atoms with van der Waals surface area (Å²) >= 11 is 0. The molecule has 16 heavy (non-hydrogen) atoms. The van der Waals surface area contributed by atoms with Gasteiger partial charge in [0.25, 0.3) is 0 Å². The van der Waals surface area contributed by atoms with Gasteiger partial charge in [-0.1, -0.05) is 31.2 Å². The second-order valence-electron chi connectivity index (χ2n) is 3.58. The predicted octanol–water partition coefficient (Wildman–Crippen LogP) is 2.61. The summed E-state index contributed by atoms with van der Waals surface area (Å²) < 4.78 is 0. The SMILES string of the molecule is CCc1cccc(C)c1NC/C=C/C(=O)O. The number of hydrogen-bond donors (Lipinski definition) is 2. The summed E-state index contributed by atoms with van der Waals surface area (Å²) in [5, 5.41) is 11.7. The van der Waals surface area contributed by atoms with Crippen LogP contribution in [0.3, 0.4) is 0 Å². The summed E-state index contributed by atoms with van der Waals surface area (Å²) in [7, 11) is 0. The van der Waals surface area contributed by atoms with Gasteiger partial charge in [-0.3, -0.25) is 0 Å². The molecule has 1 rings (SSSR count). The maximum Gasteiger partial charge on any atom is 0.328 e. The van der Waals surface area contributed by atoms with Gasteiger partial charge in [-0.2, -0.15) is 0 Å². The number of carboxylic acid groups (broad SMARTS) is 1. The average Bonchev–Trinajstić information content (AvgIpc) is 2.25. The van der Waals surface area contributed by atoms with Crippen molar-refractivity contribution in [3.05, 3.63) is 41.5 Å². The number of aryl methyl sites for hydroxylation is 2. The van der Waals surface area contributed by atoms with Crippen molar-refractivity contribution in [2.75, 3.05) is 11.9 Å². The lowest BCUT2D eigenvalue weighted by Crippen LogP contribution is -2.04. The van der Waals surface area contributed by atoms with Crippen molar-refractivity contribution in [1.82, 2.24) is 0 Å². The highest BCUT2D eigenvalue weighted by Crippen LogP contribution is 2.20. The van der Waals surface area contributed by atoms with Crippen molar-refractivity contribution in [3.63, 3.8) is 0 Å². The number of aliphatic carboxylic acids is 1. The van der Waals surface area contributed by atoms with E-state index in [1.807, 2.05) is 19.1 Å². The Labute approximate surface area is 95.8 Å². The number of benzene rings is 1. The second kappa shape index (κ2) is 5.95. The standard InChI is InChI=1S/C13H17NO2/c1-3-11-7-4-6-10(2)13(11)14-9-5-8-12(15)16/h4-8,14H,3,9H2,1-2H3,(H,15,16)/b8-5+. The third kappa shape index (κ3) is 3.42. The molecule has 2 N–H and O–H groups in total. The Hall–Kier alpha value is -1.77. The fourth-order valence-electron chi connectivity index (χ4n) is 1.60. The summed E-state index contributed by atoms with van der Waals surface area (Å²) in [6.07, 6.45) is 3.72. The van der Waals surface area contributed by atoms with Gasteiger partial charge in [-0.05, 0) is 24.5 Å². The van der Waals surface area contributed by atoms with Crippen LogP contribution in [0.2, 0.25) is 0 Å². The first-order valence-corrected chi connectivity index (χ1v) is 5.37. The van der Waals surface area contributed by atoms with E-state index in [-0.39, 0.29) is 0 Å². The van der Waals surface area contributed by atoms with Crippen LogP contribution in [0.1, 0.15) is 18.1 Å². The minimum Gasteiger partial charge on any atom is -0.478 e. The lowest BCUT2D eigenvalue weighted by atomic mass is 10.1. The molecule has 0 heterocycles. The van der Waals surface area contributed by atoms with Crippen LogP contribution in [0.5, 0.6) is 0 Å². The molecule has 3 heteroatoms. The van der Waals surface area contributed by atoms with Gasteiger partial charge in [0.15, 0.2) is 0 Å². The Morgan fingerprint density at radius 3 is 2.88 bits per heavy atom. The van der Waals surface area contributed by atoms with Crippen LogP contribution in [0.25, 0.3) is 0 Å². The van der Waals surface area contributed by atoms with Crippen LogP contribution >= 0.6 is 0 Å². The largest absolute Gasteiger partial charge is 0.478 e. The molecule has 0 saturated heterocycles. The van der Waals surface area contributed by atoms with Gasteiger partial charge in [0, 0.05) is 18.3 Å². The van der Waals surface area contributed by atoms with Crippen molar-refractivity contribution in [2.24, 2.45) is 0 Å². The number of carboxylic acids is 1. The van der Waals surface area contributed by atoms with E-state index in [9.17, 15) is 4.79 Å². The molecule has 0 saturated carbocycles. The maximum atomic E-state index is 10.3. The fraction of sp³-hybridized carbons (Fsp3) is 0.308. The van der Waals surface area contributed by atoms with Crippen LogP contribution in [0, 0.1) is 6.92 Å². The number of rotatable bonds is 5.